The molecule has 0 spiro atoms. The Balaban J connectivity index is 2.48. The van der Waals surface area contributed by atoms with Crippen LogP contribution in [-0.2, 0) is 4.79 Å². The third-order valence-corrected chi connectivity index (χ3v) is 2.61. The Morgan fingerprint density at radius 1 is 1.11 bits per heavy atom. The Bertz CT molecular complexity index is 623. The molecular formula is C13H10F3NO2. The molecule has 2 rings (SSSR count). The molecule has 1 amide bonds. The lowest BCUT2D eigenvalue weighted by Gasteiger charge is -2.12. The summed E-state index contributed by atoms with van der Waals surface area (Å²) in [6.45, 7) is 0. The molecule has 0 aliphatic heterocycles. The van der Waals surface area contributed by atoms with E-state index in [0.29, 0.717) is 16.5 Å². The van der Waals surface area contributed by atoms with Crippen molar-refractivity contribution in [1.82, 2.24) is 0 Å². The number of nitrogens with one attached hydrogen (secondary N) is 1. The number of hydrogen-bond donors (Lipinski definition) is 1. The van der Waals surface area contributed by atoms with Crippen molar-refractivity contribution in [3.8, 4) is 5.75 Å². The van der Waals surface area contributed by atoms with Gasteiger partial charge in [0.1, 0.15) is 5.75 Å². The second kappa shape index (κ2) is 4.79. The van der Waals surface area contributed by atoms with E-state index < -0.39 is 12.1 Å². The van der Waals surface area contributed by atoms with Crippen molar-refractivity contribution in [2.45, 2.75) is 6.18 Å². The number of methoxy groups -OCH3 is 1. The first-order chi connectivity index (χ1) is 8.93. The van der Waals surface area contributed by atoms with Gasteiger partial charge in [-0.15, -0.1) is 0 Å². The largest absolute Gasteiger partial charge is 0.496 e. The normalized spacial score (nSPS) is 11.4. The van der Waals surface area contributed by atoms with Gasteiger partial charge in [0, 0.05) is 16.5 Å². The average Bonchev–Trinajstić information content (AvgIpc) is 2.38. The summed E-state index contributed by atoms with van der Waals surface area (Å²) >= 11 is 0. The van der Waals surface area contributed by atoms with Gasteiger partial charge in [-0.3, -0.25) is 4.79 Å². The van der Waals surface area contributed by atoms with Gasteiger partial charge < -0.3 is 10.1 Å². The molecule has 100 valence electrons. The van der Waals surface area contributed by atoms with Gasteiger partial charge in [0.15, 0.2) is 0 Å². The molecule has 2 aromatic carbocycles. The number of anilines is 1. The van der Waals surface area contributed by atoms with E-state index in [1.165, 1.54) is 19.2 Å². The minimum atomic E-state index is -4.92. The Morgan fingerprint density at radius 3 is 2.32 bits per heavy atom. The number of halogens is 3. The summed E-state index contributed by atoms with van der Waals surface area (Å²) < 4.78 is 41.9. The van der Waals surface area contributed by atoms with Crippen LogP contribution in [0, 0.1) is 0 Å². The third-order valence-electron chi connectivity index (χ3n) is 2.61. The number of rotatable bonds is 2. The van der Waals surface area contributed by atoms with Gasteiger partial charge in [-0.25, -0.2) is 0 Å². The highest BCUT2D eigenvalue weighted by molar-refractivity contribution is 6.05. The van der Waals surface area contributed by atoms with Crippen molar-refractivity contribution in [3.63, 3.8) is 0 Å². The molecule has 0 atom stereocenters. The quantitative estimate of drug-likeness (QED) is 0.908. The van der Waals surface area contributed by atoms with E-state index in [-0.39, 0.29) is 5.69 Å². The minimum absolute atomic E-state index is 0.0960. The maximum Gasteiger partial charge on any atom is 0.471 e. The minimum Gasteiger partial charge on any atom is -0.496 e. The summed E-state index contributed by atoms with van der Waals surface area (Å²) in [5, 5.41) is 2.97. The molecule has 1 N–H and O–H groups in total. The molecular weight excluding hydrogens is 259 g/mol. The van der Waals surface area contributed by atoms with Crippen molar-refractivity contribution < 1.29 is 22.7 Å². The summed E-state index contributed by atoms with van der Waals surface area (Å²) in [6.07, 6.45) is -4.92. The van der Waals surface area contributed by atoms with Crippen LogP contribution in [0.4, 0.5) is 18.9 Å². The molecule has 0 heterocycles. The Hall–Kier alpha value is -2.24. The van der Waals surface area contributed by atoms with Crippen LogP contribution in [0.2, 0.25) is 0 Å². The van der Waals surface area contributed by atoms with Crippen molar-refractivity contribution in [2.75, 3.05) is 12.4 Å². The van der Waals surface area contributed by atoms with E-state index >= 15 is 0 Å². The van der Waals surface area contributed by atoms with Crippen LogP contribution in [0.3, 0.4) is 0 Å². The van der Waals surface area contributed by atoms with Gasteiger partial charge in [0.25, 0.3) is 0 Å². The number of hydrogen-bond acceptors (Lipinski definition) is 2. The lowest BCUT2D eigenvalue weighted by molar-refractivity contribution is -0.167. The summed E-state index contributed by atoms with van der Waals surface area (Å²) in [7, 11) is 1.47. The number of carbonyl (C=O) groups is 1. The van der Waals surface area contributed by atoms with Crippen LogP contribution in [0.25, 0.3) is 10.8 Å². The molecule has 0 bridgehead atoms. The highest BCUT2D eigenvalue weighted by atomic mass is 19.4. The number of carbonyl (C=O) groups excluding carboxylic acids is 1. The number of amides is 1. The van der Waals surface area contributed by atoms with Crippen molar-refractivity contribution in [2.24, 2.45) is 0 Å². The average molecular weight is 269 g/mol. The number of fused-ring (bicyclic) bond motifs is 1. The van der Waals surface area contributed by atoms with E-state index in [9.17, 15) is 18.0 Å². The maximum atomic E-state index is 12.2. The van der Waals surface area contributed by atoms with Crippen LogP contribution >= 0.6 is 0 Å². The predicted octanol–water partition coefficient (Wildman–Crippen LogP) is 3.35. The second-order valence-electron chi connectivity index (χ2n) is 3.81. The van der Waals surface area contributed by atoms with E-state index in [1.54, 1.807) is 24.3 Å². The van der Waals surface area contributed by atoms with Gasteiger partial charge >= 0.3 is 12.1 Å². The first kappa shape index (κ1) is 13.2. The van der Waals surface area contributed by atoms with Crippen molar-refractivity contribution >= 4 is 22.4 Å². The molecule has 0 aliphatic carbocycles. The van der Waals surface area contributed by atoms with Gasteiger partial charge in [0.05, 0.1) is 7.11 Å². The molecule has 0 saturated carbocycles. The Morgan fingerprint density at radius 2 is 1.74 bits per heavy atom. The highest BCUT2D eigenvalue weighted by Crippen LogP contribution is 2.32. The molecule has 0 radical (unpaired) electrons. The molecule has 3 nitrogen and oxygen atoms in total. The van der Waals surface area contributed by atoms with Gasteiger partial charge in [-0.2, -0.15) is 13.2 Å². The Kier molecular flexibility index (Phi) is 3.33. The molecule has 0 aromatic heterocycles. The lowest BCUT2D eigenvalue weighted by Crippen LogP contribution is -2.29. The molecule has 0 unspecified atom stereocenters. The molecule has 0 fully saturated rings. The van der Waals surface area contributed by atoms with E-state index in [1.807, 2.05) is 5.32 Å². The van der Waals surface area contributed by atoms with Gasteiger partial charge in [-0.1, -0.05) is 24.3 Å². The zero-order valence-corrected chi connectivity index (χ0v) is 9.91. The zero-order chi connectivity index (χ0) is 14.0. The fourth-order valence-corrected chi connectivity index (χ4v) is 1.75. The summed E-state index contributed by atoms with van der Waals surface area (Å²) in [5.74, 6) is -1.47. The molecule has 19 heavy (non-hydrogen) atoms. The first-order valence-electron chi connectivity index (χ1n) is 5.37. The van der Waals surface area contributed by atoms with Gasteiger partial charge in [0.2, 0.25) is 0 Å². The summed E-state index contributed by atoms with van der Waals surface area (Å²) in [5.41, 5.74) is 0.0960. The van der Waals surface area contributed by atoms with Crippen LogP contribution in [-0.4, -0.2) is 19.2 Å². The molecule has 0 saturated heterocycles. The monoisotopic (exact) mass is 269 g/mol. The number of ether oxygens (including phenoxy) is 1. The van der Waals surface area contributed by atoms with Crippen molar-refractivity contribution in [1.29, 1.82) is 0 Å². The third kappa shape index (κ3) is 2.62. The van der Waals surface area contributed by atoms with E-state index in [2.05, 4.69) is 0 Å². The van der Waals surface area contributed by atoms with E-state index in [0.717, 1.165) is 0 Å². The van der Waals surface area contributed by atoms with Crippen LogP contribution in [0.1, 0.15) is 0 Å². The summed E-state index contributed by atoms with van der Waals surface area (Å²) in [4.78, 5) is 11.0. The highest BCUT2D eigenvalue weighted by Gasteiger charge is 2.38. The standard InChI is InChI=1S/C13H10F3NO2/c1-19-11-7-6-10(17-12(18)13(14,15)16)8-4-2-3-5-9(8)11/h2-7H,1H3,(H,17,18). The second-order valence-corrected chi connectivity index (χ2v) is 3.81. The smallest absolute Gasteiger partial charge is 0.471 e. The van der Waals surface area contributed by atoms with Crippen molar-refractivity contribution in [3.05, 3.63) is 36.4 Å². The first-order valence-corrected chi connectivity index (χ1v) is 5.37. The SMILES string of the molecule is COc1ccc(NC(=O)C(F)(F)F)c2ccccc12. The zero-order valence-electron chi connectivity index (χ0n) is 9.91. The Labute approximate surface area is 107 Å². The lowest BCUT2D eigenvalue weighted by atomic mass is 10.1. The van der Waals surface area contributed by atoms with Crippen LogP contribution in [0.15, 0.2) is 36.4 Å². The molecule has 2 aromatic rings. The number of benzene rings is 2. The topological polar surface area (TPSA) is 38.3 Å². The predicted molar refractivity (Wildman–Crippen MR) is 65.2 cm³/mol. The molecule has 0 aliphatic rings. The fourth-order valence-electron chi connectivity index (χ4n) is 1.75. The maximum absolute atomic E-state index is 12.2. The van der Waals surface area contributed by atoms with Gasteiger partial charge in [-0.05, 0) is 12.1 Å². The molecule has 6 heteroatoms. The van der Waals surface area contributed by atoms with Crippen LogP contribution in [0.5, 0.6) is 5.75 Å². The fraction of sp³-hybridized carbons (Fsp3) is 0.154. The van der Waals surface area contributed by atoms with Crippen LogP contribution < -0.4 is 10.1 Å². The van der Waals surface area contributed by atoms with E-state index in [4.69, 9.17) is 4.74 Å². The number of alkyl halides is 3. The summed E-state index contributed by atoms with van der Waals surface area (Å²) in [6, 6.07) is 9.62.